The molecule has 72 valence electrons. The van der Waals surface area contributed by atoms with Gasteiger partial charge in [0.2, 0.25) is 0 Å². The van der Waals surface area contributed by atoms with E-state index in [9.17, 15) is 0 Å². The highest BCUT2D eigenvalue weighted by Crippen LogP contribution is 2.43. The Morgan fingerprint density at radius 1 is 1.07 bits per heavy atom. The fraction of sp³-hybridized carbons (Fsp3) is 0.385. The third kappa shape index (κ3) is 1.02. The predicted octanol–water partition coefficient (Wildman–Crippen LogP) is 3.15. The molecule has 3 rings (SSSR count). The van der Waals surface area contributed by atoms with Gasteiger partial charge in [-0.2, -0.15) is 0 Å². The molecule has 0 saturated carbocycles. The van der Waals surface area contributed by atoms with Crippen molar-refractivity contribution in [1.29, 1.82) is 0 Å². The van der Waals surface area contributed by atoms with Gasteiger partial charge in [0.05, 0.1) is 0 Å². The Bertz CT molecular complexity index is 415. The molecule has 0 radical (unpaired) electrons. The number of rotatable bonds is 0. The molecule has 0 spiro atoms. The van der Waals surface area contributed by atoms with Crippen molar-refractivity contribution >= 4 is 11.3 Å². The highest BCUT2D eigenvalue weighted by atomic mass is 14.6. The molecule has 2 N–H and O–H groups in total. The van der Waals surface area contributed by atoms with Gasteiger partial charge in [0.15, 0.2) is 0 Å². The van der Waals surface area contributed by atoms with Crippen LogP contribution in [0.1, 0.15) is 36.8 Å². The van der Waals surface area contributed by atoms with E-state index in [1.54, 1.807) is 11.1 Å². The van der Waals surface area contributed by atoms with Gasteiger partial charge in [0.25, 0.3) is 0 Å². The minimum atomic E-state index is 0.981. The zero-order chi connectivity index (χ0) is 9.54. The number of nitrogen functional groups attached to an aromatic ring is 1. The monoisotopic (exact) mass is 185 g/mol. The first-order valence-corrected chi connectivity index (χ1v) is 5.45. The van der Waals surface area contributed by atoms with Crippen molar-refractivity contribution in [2.75, 3.05) is 5.73 Å². The van der Waals surface area contributed by atoms with Crippen molar-refractivity contribution in [3.05, 3.63) is 34.9 Å². The average Bonchev–Trinajstić information content (AvgIpc) is 2.57. The summed E-state index contributed by atoms with van der Waals surface area (Å²) in [6.45, 7) is 0. The smallest absolute Gasteiger partial charge is 0.0393 e. The van der Waals surface area contributed by atoms with Crippen LogP contribution in [0.3, 0.4) is 0 Å². The lowest BCUT2D eigenvalue weighted by atomic mass is 9.91. The van der Waals surface area contributed by atoms with Crippen molar-refractivity contribution in [3.8, 4) is 0 Å². The Balaban J connectivity index is 2.17. The van der Waals surface area contributed by atoms with Crippen LogP contribution in [0.4, 0.5) is 5.69 Å². The van der Waals surface area contributed by atoms with E-state index in [0.717, 1.165) is 12.1 Å². The normalized spacial score (nSPS) is 19.4. The summed E-state index contributed by atoms with van der Waals surface area (Å²) in [5.74, 6) is 0. The molecule has 0 atom stereocenters. The van der Waals surface area contributed by atoms with Crippen LogP contribution in [0, 0.1) is 0 Å². The zero-order valence-corrected chi connectivity index (χ0v) is 8.34. The number of anilines is 1. The van der Waals surface area contributed by atoms with Gasteiger partial charge in [-0.25, -0.2) is 0 Å². The average molecular weight is 185 g/mol. The lowest BCUT2D eigenvalue weighted by molar-refractivity contribution is 0.711. The van der Waals surface area contributed by atoms with E-state index in [4.69, 9.17) is 5.73 Å². The Labute approximate surface area is 84.6 Å². The second kappa shape index (κ2) is 2.88. The first-order chi connectivity index (χ1) is 6.86. The first-order valence-electron chi connectivity index (χ1n) is 5.45. The molecule has 1 nitrogen and oxygen atoms in total. The molecule has 2 aliphatic rings. The topological polar surface area (TPSA) is 26.0 Å². The Hall–Kier alpha value is -1.24. The summed E-state index contributed by atoms with van der Waals surface area (Å²) in [4.78, 5) is 0. The van der Waals surface area contributed by atoms with Crippen molar-refractivity contribution in [3.63, 3.8) is 0 Å². The lowest BCUT2D eigenvalue weighted by Gasteiger charge is -2.14. The molecule has 1 heteroatoms. The van der Waals surface area contributed by atoms with Gasteiger partial charge in [0, 0.05) is 11.3 Å². The van der Waals surface area contributed by atoms with E-state index in [1.807, 2.05) is 6.07 Å². The molecule has 0 fully saturated rings. The summed E-state index contributed by atoms with van der Waals surface area (Å²) >= 11 is 0. The lowest BCUT2D eigenvalue weighted by Crippen LogP contribution is -1.96. The third-order valence-electron chi connectivity index (χ3n) is 3.47. The summed E-state index contributed by atoms with van der Waals surface area (Å²) in [5.41, 5.74) is 13.1. The van der Waals surface area contributed by atoms with E-state index < -0.39 is 0 Å². The summed E-state index contributed by atoms with van der Waals surface area (Å²) in [7, 11) is 0. The van der Waals surface area contributed by atoms with Crippen molar-refractivity contribution < 1.29 is 0 Å². The molecule has 0 saturated heterocycles. The molecule has 1 aromatic carbocycles. The molecule has 0 bridgehead atoms. The van der Waals surface area contributed by atoms with Crippen LogP contribution >= 0.6 is 0 Å². The first kappa shape index (κ1) is 8.10. The van der Waals surface area contributed by atoms with Crippen LogP contribution in [0.5, 0.6) is 0 Å². The minimum absolute atomic E-state index is 0.981. The second-order valence-corrected chi connectivity index (χ2v) is 4.35. The Morgan fingerprint density at radius 2 is 1.93 bits per heavy atom. The maximum absolute atomic E-state index is 6.04. The van der Waals surface area contributed by atoms with E-state index in [1.165, 1.54) is 36.8 Å². The largest absolute Gasteiger partial charge is 0.398 e. The van der Waals surface area contributed by atoms with Crippen LogP contribution in [0.15, 0.2) is 23.8 Å². The number of nitrogens with two attached hydrogens (primary N) is 1. The van der Waals surface area contributed by atoms with E-state index in [-0.39, 0.29) is 0 Å². The quantitative estimate of drug-likeness (QED) is 0.617. The van der Waals surface area contributed by atoms with Gasteiger partial charge < -0.3 is 5.73 Å². The summed E-state index contributed by atoms with van der Waals surface area (Å²) < 4.78 is 0. The van der Waals surface area contributed by atoms with Crippen LogP contribution in [-0.4, -0.2) is 0 Å². The Morgan fingerprint density at radius 3 is 2.86 bits per heavy atom. The SMILES string of the molecule is Nc1cccc2c1C1=C(CCCC1)C2. The molecule has 0 unspecified atom stereocenters. The predicted molar refractivity (Wildman–Crippen MR) is 59.9 cm³/mol. The highest BCUT2D eigenvalue weighted by molar-refractivity contribution is 5.84. The molecular formula is C13H15N. The minimum Gasteiger partial charge on any atom is -0.398 e. The van der Waals surface area contributed by atoms with Crippen molar-refractivity contribution in [2.45, 2.75) is 32.1 Å². The maximum atomic E-state index is 6.04. The maximum Gasteiger partial charge on any atom is 0.0393 e. The standard InChI is InChI=1S/C13H15N/c14-12-7-3-5-10-8-9-4-1-2-6-11(9)13(10)12/h3,5,7H,1-2,4,6,8,14H2. The third-order valence-corrected chi connectivity index (χ3v) is 3.47. The van der Waals surface area contributed by atoms with Gasteiger partial charge in [0.1, 0.15) is 0 Å². The molecule has 0 aliphatic heterocycles. The molecule has 0 heterocycles. The number of allylic oxidation sites excluding steroid dienone is 2. The van der Waals surface area contributed by atoms with Gasteiger partial charge in [-0.1, -0.05) is 17.7 Å². The summed E-state index contributed by atoms with van der Waals surface area (Å²) in [6.07, 6.45) is 6.41. The van der Waals surface area contributed by atoms with Gasteiger partial charge in [-0.15, -0.1) is 0 Å². The van der Waals surface area contributed by atoms with E-state index in [2.05, 4.69) is 12.1 Å². The number of fused-ring (bicyclic) bond motifs is 2. The van der Waals surface area contributed by atoms with Crippen LogP contribution in [-0.2, 0) is 6.42 Å². The summed E-state index contributed by atoms with van der Waals surface area (Å²) in [5, 5.41) is 0. The Kier molecular flexibility index (Phi) is 1.66. The molecule has 0 aromatic heterocycles. The van der Waals surface area contributed by atoms with Gasteiger partial charge >= 0.3 is 0 Å². The fourth-order valence-corrected chi connectivity index (χ4v) is 2.83. The molecule has 1 aromatic rings. The van der Waals surface area contributed by atoms with Gasteiger partial charge in [-0.3, -0.25) is 0 Å². The second-order valence-electron chi connectivity index (χ2n) is 4.35. The number of hydrogen-bond acceptors (Lipinski definition) is 1. The van der Waals surface area contributed by atoms with Crippen LogP contribution in [0.2, 0.25) is 0 Å². The molecule has 14 heavy (non-hydrogen) atoms. The number of benzene rings is 1. The molecular weight excluding hydrogens is 170 g/mol. The fourth-order valence-electron chi connectivity index (χ4n) is 2.83. The molecule has 0 amide bonds. The van der Waals surface area contributed by atoms with E-state index >= 15 is 0 Å². The zero-order valence-electron chi connectivity index (χ0n) is 8.34. The summed E-state index contributed by atoms with van der Waals surface area (Å²) in [6, 6.07) is 6.33. The van der Waals surface area contributed by atoms with Gasteiger partial charge in [-0.05, 0) is 49.3 Å². The highest BCUT2D eigenvalue weighted by Gasteiger charge is 2.24. The van der Waals surface area contributed by atoms with Crippen molar-refractivity contribution in [2.24, 2.45) is 0 Å². The van der Waals surface area contributed by atoms with Crippen LogP contribution in [0.25, 0.3) is 5.57 Å². The van der Waals surface area contributed by atoms with E-state index in [0.29, 0.717) is 0 Å². The van der Waals surface area contributed by atoms with Crippen LogP contribution < -0.4 is 5.73 Å². The number of hydrogen-bond donors (Lipinski definition) is 1. The van der Waals surface area contributed by atoms with Crippen molar-refractivity contribution in [1.82, 2.24) is 0 Å². The molecule has 2 aliphatic carbocycles.